The van der Waals surface area contributed by atoms with Crippen LogP contribution in [0.1, 0.15) is 12.8 Å². The average Bonchev–Trinajstić information content (AvgIpc) is 2.37. The molecule has 18 heavy (non-hydrogen) atoms. The van der Waals surface area contributed by atoms with Crippen molar-refractivity contribution < 1.29 is 19.7 Å². The van der Waals surface area contributed by atoms with E-state index in [1.54, 1.807) is 0 Å². The van der Waals surface area contributed by atoms with Crippen LogP contribution in [0.4, 0.5) is 0 Å². The van der Waals surface area contributed by atoms with Gasteiger partial charge in [-0.3, -0.25) is 4.90 Å². The number of aliphatic hydroxyl groups is 1. The van der Waals surface area contributed by atoms with E-state index in [4.69, 9.17) is 4.74 Å². The minimum Gasteiger partial charge on any atom is -0.478 e. The largest absolute Gasteiger partial charge is 0.478 e. The molecule has 6 heteroatoms. The van der Waals surface area contributed by atoms with Crippen molar-refractivity contribution in [2.75, 3.05) is 26.2 Å². The van der Waals surface area contributed by atoms with Gasteiger partial charge < -0.3 is 19.8 Å². The number of nitrogens with zero attached hydrogens (tertiary/aromatic N) is 2. The van der Waals surface area contributed by atoms with Crippen molar-refractivity contribution in [2.45, 2.75) is 30.7 Å². The molecule has 3 unspecified atom stereocenters. The average molecular weight is 254 g/mol. The maximum atomic E-state index is 11.6. The summed E-state index contributed by atoms with van der Waals surface area (Å²) in [4.78, 5) is 15.4. The SMILES string of the molecule is O=C(O)C12CN3C=CCC(O)C3CN1CCCO2. The van der Waals surface area contributed by atoms with Gasteiger partial charge in [-0.05, 0) is 19.0 Å². The van der Waals surface area contributed by atoms with Gasteiger partial charge in [0, 0.05) is 13.1 Å². The summed E-state index contributed by atoms with van der Waals surface area (Å²) in [5.74, 6) is -0.936. The van der Waals surface area contributed by atoms with Crippen molar-refractivity contribution in [3.8, 4) is 0 Å². The monoisotopic (exact) mass is 254 g/mol. The molecule has 0 aromatic carbocycles. The van der Waals surface area contributed by atoms with Crippen LogP contribution in [0.25, 0.3) is 0 Å². The highest BCUT2D eigenvalue weighted by atomic mass is 16.5. The Labute approximate surface area is 105 Å². The summed E-state index contributed by atoms with van der Waals surface area (Å²) in [6.45, 7) is 2.01. The molecule has 3 rings (SSSR count). The zero-order valence-corrected chi connectivity index (χ0v) is 10.2. The Bertz CT molecular complexity index is 386. The molecule has 0 saturated carbocycles. The topological polar surface area (TPSA) is 73.2 Å². The summed E-state index contributed by atoms with van der Waals surface area (Å²) in [5.41, 5.74) is -1.24. The van der Waals surface area contributed by atoms with Gasteiger partial charge in [-0.1, -0.05) is 6.08 Å². The number of piperazine rings is 1. The first-order chi connectivity index (χ1) is 8.63. The molecule has 0 radical (unpaired) electrons. The second-order valence-corrected chi connectivity index (χ2v) is 5.17. The van der Waals surface area contributed by atoms with E-state index in [1.165, 1.54) is 0 Å². The van der Waals surface area contributed by atoms with Gasteiger partial charge in [-0.2, -0.15) is 0 Å². The highest BCUT2D eigenvalue weighted by Crippen LogP contribution is 2.33. The van der Waals surface area contributed by atoms with Crippen LogP contribution in [-0.4, -0.2) is 70.1 Å². The first-order valence-electron chi connectivity index (χ1n) is 6.36. The third-order valence-corrected chi connectivity index (χ3v) is 4.11. The lowest BCUT2D eigenvalue weighted by Gasteiger charge is -2.54. The fourth-order valence-electron chi connectivity index (χ4n) is 3.11. The van der Waals surface area contributed by atoms with Gasteiger partial charge in [0.1, 0.15) is 0 Å². The molecule has 2 fully saturated rings. The molecule has 3 atom stereocenters. The molecule has 2 saturated heterocycles. The maximum Gasteiger partial charge on any atom is 0.353 e. The van der Waals surface area contributed by atoms with E-state index in [1.807, 2.05) is 22.1 Å². The normalized spacial score (nSPS) is 40.2. The fourth-order valence-corrected chi connectivity index (χ4v) is 3.11. The van der Waals surface area contributed by atoms with Gasteiger partial charge in [0.05, 0.1) is 25.3 Å². The van der Waals surface area contributed by atoms with Crippen LogP contribution in [0.3, 0.4) is 0 Å². The minimum atomic E-state index is -1.24. The molecule has 3 aliphatic heterocycles. The van der Waals surface area contributed by atoms with Crippen LogP contribution in [0.2, 0.25) is 0 Å². The van der Waals surface area contributed by atoms with E-state index in [-0.39, 0.29) is 12.6 Å². The van der Waals surface area contributed by atoms with E-state index in [0.29, 0.717) is 26.1 Å². The molecule has 0 aromatic rings. The van der Waals surface area contributed by atoms with Crippen LogP contribution in [-0.2, 0) is 9.53 Å². The molecule has 100 valence electrons. The van der Waals surface area contributed by atoms with Crippen LogP contribution in [0.5, 0.6) is 0 Å². The predicted octanol–water partition coefficient (Wildman–Crippen LogP) is -0.548. The number of carbonyl (C=O) groups is 1. The zero-order chi connectivity index (χ0) is 12.8. The number of ether oxygens (including phenoxy) is 1. The van der Waals surface area contributed by atoms with Crippen molar-refractivity contribution in [1.29, 1.82) is 0 Å². The van der Waals surface area contributed by atoms with E-state index in [9.17, 15) is 15.0 Å². The van der Waals surface area contributed by atoms with Gasteiger partial charge in [-0.25, -0.2) is 4.79 Å². The number of hydrogen-bond donors (Lipinski definition) is 2. The molecule has 0 spiro atoms. The highest BCUT2D eigenvalue weighted by Gasteiger charge is 2.54. The third kappa shape index (κ3) is 1.64. The molecule has 0 aromatic heterocycles. The Balaban J connectivity index is 1.91. The Morgan fingerprint density at radius 2 is 2.33 bits per heavy atom. The quantitative estimate of drug-likeness (QED) is 0.654. The first-order valence-corrected chi connectivity index (χ1v) is 6.36. The van der Waals surface area contributed by atoms with Gasteiger partial charge in [0.15, 0.2) is 0 Å². The van der Waals surface area contributed by atoms with Crippen molar-refractivity contribution in [2.24, 2.45) is 0 Å². The number of hydrogen-bond acceptors (Lipinski definition) is 5. The van der Waals surface area contributed by atoms with E-state index >= 15 is 0 Å². The van der Waals surface area contributed by atoms with Gasteiger partial charge >= 0.3 is 5.97 Å². The van der Waals surface area contributed by atoms with Crippen molar-refractivity contribution >= 4 is 5.97 Å². The molecule has 6 nitrogen and oxygen atoms in total. The van der Waals surface area contributed by atoms with Crippen LogP contribution in [0, 0.1) is 0 Å². The highest BCUT2D eigenvalue weighted by molar-refractivity contribution is 5.77. The molecule has 2 N–H and O–H groups in total. The fraction of sp³-hybridized carbons (Fsp3) is 0.750. The van der Waals surface area contributed by atoms with Crippen molar-refractivity contribution in [3.05, 3.63) is 12.3 Å². The standard InChI is InChI=1S/C12H18N2O4/c15-10-3-1-4-13-8-12(11(16)17)14(7-9(10)13)5-2-6-18-12/h1,4,9-10,15H,2-3,5-8H2,(H,16,17). The Kier molecular flexibility index (Phi) is 2.80. The summed E-state index contributed by atoms with van der Waals surface area (Å²) in [7, 11) is 0. The molecule has 0 aliphatic carbocycles. The smallest absolute Gasteiger partial charge is 0.353 e. The van der Waals surface area contributed by atoms with Gasteiger partial charge in [0.25, 0.3) is 0 Å². The molecule has 0 amide bonds. The number of fused-ring (bicyclic) bond motifs is 2. The summed E-state index contributed by atoms with van der Waals surface area (Å²) in [6.07, 6.45) is 4.82. The molecular formula is C12H18N2O4. The predicted molar refractivity (Wildman–Crippen MR) is 62.8 cm³/mol. The molecule has 3 aliphatic rings. The molecule has 0 bridgehead atoms. The zero-order valence-electron chi connectivity index (χ0n) is 10.2. The summed E-state index contributed by atoms with van der Waals surface area (Å²) < 4.78 is 5.58. The maximum absolute atomic E-state index is 11.6. The van der Waals surface area contributed by atoms with Crippen molar-refractivity contribution in [1.82, 2.24) is 9.80 Å². The Morgan fingerprint density at radius 1 is 1.50 bits per heavy atom. The second-order valence-electron chi connectivity index (χ2n) is 5.17. The Morgan fingerprint density at radius 3 is 3.11 bits per heavy atom. The van der Waals surface area contributed by atoms with Crippen LogP contribution >= 0.6 is 0 Å². The molecule has 3 heterocycles. The number of aliphatic hydroxyl groups excluding tert-OH is 1. The van der Waals surface area contributed by atoms with Crippen LogP contribution in [0.15, 0.2) is 12.3 Å². The van der Waals surface area contributed by atoms with Crippen LogP contribution < -0.4 is 0 Å². The lowest BCUT2D eigenvalue weighted by molar-refractivity contribution is -0.236. The number of carboxylic acids is 1. The number of aliphatic carboxylic acids is 1. The van der Waals surface area contributed by atoms with E-state index in [0.717, 1.165) is 6.42 Å². The van der Waals surface area contributed by atoms with E-state index < -0.39 is 17.8 Å². The summed E-state index contributed by atoms with van der Waals surface area (Å²) in [6, 6.07) is -0.0239. The van der Waals surface area contributed by atoms with Gasteiger partial charge in [-0.15, -0.1) is 0 Å². The lowest BCUT2D eigenvalue weighted by atomic mass is 9.94. The minimum absolute atomic E-state index is 0.0239. The van der Waals surface area contributed by atoms with Crippen molar-refractivity contribution in [3.63, 3.8) is 0 Å². The third-order valence-electron chi connectivity index (χ3n) is 4.11. The number of rotatable bonds is 1. The summed E-state index contributed by atoms with van der Waals surface area (Å²) >= 11 is 0. The molecular weight excluding hydrogens is 236 g/mol. The number of carboxylic acid groups (broad SMARTS) is 1. The second kappa shape index (κ2) is 4.22. The van der Waals surface area contributed by atoms with Gasteiger partial charge in [0.2, 0.25) is 5.72 Å². The first kappa shape index (κ1) is 12.0. The Hall–Kier alpha value is -1.11. The summed E-state index contributed by atoms with van der Waals surface area (Å²) in [5, 5.41) is 19.5. The van der Waals surface area contributed by atoms with E-state index in [2.05, 4.69) is 0 Å². The lowest BCUT2D eigenvalue weighted by Crippen LogP contribution is -2.72.